The van der Waals surface area contributed by atoms with Crippen molar-refractivity contribution in [2.75, 3.05) is 0 Å². The van der Waals surface area contributed by atoms with E-state index in [4.69, 9.17) is 28.3 Å². The summed E-state index contributed by atoms with van der Waals surface area (Å²) in [7, 11) is 0. The van der Waals surface area contributed by atoms with Crippen molar-refractivity contribution in [3.8, 4) is 5.69 Å². The summed E-state index contributed by atoms with van der Waals surface area (Å²) >= 11 is 11.6. The molecule has 102 valence electrons. The van der Waals surface area contributed by atoms with Crippen molar-refractivity contribution in [1.82, 2.24) is 9.78 Å². The van der Waals surface area contributed by atoms with E-state index in [2.05, 4.69) is 5.10 Å². The Bertz CT molecular complexity index is 610. The highest BCUT2D eigenvalue weighted by atomic mass is 35.5. The minimum atomic E-state index is -4.69. The zero-order chi connectivity index (χ0) is 14.2. The van der Waals surface area contributed by atoms with E-state index in [1.54, 1.807) is 12.1 Å². The van der Waals surface area contributed by atoms with Crippen LogP contribution in [0.2, 0.25) is 10.2 Å². The maximum atomic E-state index is 12.8. The van der Waals surface area contributed by atoms with E-state index in [1.165, 1.54) is 12.1 Å². The number of halogens is 5. The molecule has 0 spiro atoms. The molecule has 1 N–H and O–H groups in total. The van der Waals surface area contributed by atoms with Crippen molar-refractivity contribution < 1.29 is 18.3 Å². The minimum Gasteiger partial charge on any atom is -0.391 e. The summed E-state index contributed by atoms with van der Waals surface area (Å²) in [6, 6.07) is 6.05. The van der Waals surface area contributed by atoms with E-state index in [1.807, 2.05) is 0 Å². The highest BCUT2D eigenvalue weighted by molar-refractivity contribution is 6.31. The SMILES string of the molecule is OCc1c(C(F)(F)F)nn(-c2cccc(Cl)c2)c1Cl. The normalized spacial score (nSPS) is 11.9. The number of aliphatic hydroxyl groups is 1. The van der Waals surface area contributed by atoms with Crippen molar-refractivity contribution in [1.29, 1.82) is 0 Å². The molecule has 1 heterocycles. The van der Waals surface area contributed by atoms with Crippen molar-refractivity contribution in [3.05, 3.63) is 45.7 Å². The zero-order valence-corrected chi connectivity index (χ0v) is 10.8. The van der Waals surface area contributed by atoms with E-state index in [0.717, 1.165) is 4.68 Å². The van der Waals surface area contributed by atoms with Gasteiger partial charge in [-0.1, -0.05) is 29.3 Å². The van der Waals surface area contributed by atoms with E-state index >= 15 is 0 Å². The first-order chi connectivity index (χ1) is 8.84. The summed E-state index contributed by atoms with van der Waals surface area (Å²) < 4.78 is 39.1. The number of hydrogen-bond donors (Lipinski definition) is 1. The van der Waals surface area contributed by atoms with E-state index < -0.39 is 24.0 Å². The average molecular weight is 311 g/mol. The van der Waals surface area contributed by atoms with Crippen LogP contribution < -0.4 is 0 Å². The first-order valence-corrected chi connectivity index (χ1v) is 5.81. The Morgan fingerprint density at radius 2 is 1.95 bits per heavy atom. The lowest BCUT2D eigenvalue weighted by Crippen LogP contribution is -2.09. The summed E-state index contributed by atoms with van der Waals surface area (Å²) in [5, 5.41) is 12.5. The lowest BCUT2D eigenvalue weighted by molar-refractivity contribution is -0.142. The Kier molecular flexibility index (Phi) is 3.75. The lowest BCUT2D eigenvalue weighted by Gasteiger charge is -2.03. The first-order valence-electron chi connectivity index (χ1n) is 5.06. The molecule has 0 amide bonds. The van der Waals surface area contributed by atoms with Crippen LogP contribution >= 0.6 is 23.2 Å². The van der Waals surface area contributed by atoms with Gasteiger partial charge in [-0.2, -0.15) is 18.3 Å². The second-order valence-electron chi connectivity index (χ2n) is 3.67. The molecule has 0 saturated carbocycles. The monoisotopic (exact) mass is 310 g/mol. The van der Waals surface area contributed by atoms with Crippen molar-refractivity contribution >= 4 is 23.2 Å². The van der Waals surface area contributed by atoms with Crippen LogP contribution in [0.15, 0.2) is 24.3 Å². The molecule has 8 heteroatoms. The quantitative estimate of drug-likeness (QED) is 0.918. The number of aliphatic hydroxyl groups excluding tert-OH is 1. The minimum absolute atomic E-state index is 0.280. The smallest absolute Gasteiger partial charge is 0.391 e. The Hall–Kier alpha value is -1.24. The topological polar surface area (TPSA) is 38.1 Å². The molecule has 0 aliphatic rings. The van der Waals surface area contributed by atoms with Crippen LogP contribution in [-0.2, 0) is 12.8 Å². The number of alkyl halides is 3. The van der Waals surface area contributed by atoms with Gasteiger partial charge in [-0.25, -0.2) is 4.68 Å². The van der Waals surface area contributed by atoms with Crippen LogP contribution in [0.25, 0.3) is 5.69 Å². The molecule has 0 aliphatic heterocycles. The van der Waals surface area contributed by atoms with Crippen molar-refractivity contribution in [2.24, 2.45) is 0 Å². The second kappa shape index (κ2) is 5.03. The van der Waals surface area contributed by atoms with Gasteiger partial charge in [0.2, 0.25) is 0 Å². The third-order valence-electron chi connectivity index (χ3n) is 2.40. The van der Waals surface area contributed by atoms with Crippen LogP contribution in [0, 0.1) is 0 Å². The molecule has 19 heavy (non-hydrogen) atoms. The Balaban J connectivity index is 2.63. The molecule has 0 saturated heterocycles. The number of rotatable bonds is 2. The Morgan fingerprint density at radius 1 is 1.26 bits per heavy atom. The van der Waals surface area contributed by atoms with Gasteiger partial charge < -0.3 is 5.11 Å². The number of nitrogens with zero attached hydrogens (tertiary/aromatic N) is 2. The van der Waals surface area contributed by atoms with Gasteiger partial charge in [0.1, 0.15) is 5.15 Å². The molecule has 2 rings (SSSR count). The van der Waals surface area contributed by atoms with E-state index in [9.17, 15) is 13.2 Å². The average Bonchev–Trinajstić information content (AvgIpc) is 2.66. The van der Waals surface area contributed by atoms with Crippen LogP contribution in [0.4, 0.5) is 13.2 Å². The Labute approximate surface area is 116 Å². The largest absolute Gasteiger partial charge is 0.435 e. The molecule has 1 aromatic heterocycles. The molecule has 0 fully saturated rings. The van der Waals surface area contributed by atoms with Gasteiger partial charge in [0, 0.05) is 10.6 Å². The molecular weight excluding hydrogens is 304 g/mol. The van der Waals surface area contributed by atoms with Gasteiger partial charge in [0.05, 0.1) is 12.3 Å². The highest BCUT2D eigenvalue weighted by Gasteiger charge is 2.39. The first kappa shape index (κ1) is 14.2. The van der Waals surface area contributed by atoms with Gasteiger partial charge in [-0.15, -0.1) is 0 Å². The fraction of sp³-hybridized carbons (Fsp3) is 0.182. The molecule has 0 aliphatic carbocycles. The van der Waals surface area contributed by atoms with Gasteiger partial charge in [0.25, 0.3) is 0 Å². The molecule has 0 unspecified atom stereocenters. The van der Waals surface area contributed by atoms with Crippen LogP contribution in [0.1, 0.15) is 11.3 Å². The van der Waals surface area contributed by atoms with Gasteiger partial charge in [0.15, 0.2) is 5.69 Å². The second-order valence-corrected chi connectivity index (χ2v) is 4.46. The third-order valence-corrected chi connectivity index (χ3v) is 3.02. The molecule has 0 radical (unpaired) electrons. The van der Waals surface area contributed by atoms with Crippen molar-refractivity contribution in [3.63, 3.8) is 0 Å². The van der Waals surface area contributed by atoms with E-state index in [0.29, 0.717) is 5.02 Å². The number of aromatic nitrogens is 2. The fourth-order valence-corrected chi connectivity index (χ4v) is 2.05. The summed E-state index contributed by atoms with van der Waals surface area (Å²) in [5.74, 6) is 0. The van der Waals surface area contributed by atoms with Gasteiger partial charge >= 0.3 is 6.18 Å². The molecule has 2 aromatic rings. The maximum absolute atomic E-state index is 12.8. The highest BCUT2D eigenvalue weighted by Crippen LogP contribution is 2.35. The van der Waals surface area contributed by atoms with Gasteiger partial charge in [-0.3, -0.25) is 0 Å². The maximum Gasteiger partial charge on any atom is 0.435 e. The standard InChI is InChI=1S/C11H7Cl2F3N2O/c12-6-2-1-3-7(4-6)18-10(13)8(5-19)9(17-18)11(14,15)16/h1-4,19H,5H2. The summed E-state index contributed by atoms with van der Waals surface area (Å²) in [5.41, 5.74) is -1.39. The third kappa shape index (κ3) is 2.70. The number of benzene rings is 1. The zero-order valence-electron chi connectivity index (χ0n) is 9.25. The van der Waals surface area contributed by atoms with Gasteiger partial charge in [-0.05, 0) is 18.2 Å². The van der Waals surface area contributed by atoms with Crippen LogP contribution in [-0.4, -0.2) is 14.9 Å². The molecule has 3 nitrogen and oxygen atoms in total. The summed E-state index contributed by atoms with van der Waals surface area (Å²) in [4.78, 5) is 0. The predicted octanol–water partition coefficient (Wildman–Crippen LogP) is 3.69. The number of hydrogen-bond acceptors (Lipinski definition) is 2. The molecule has 0 atom stereocenters. The van der Waals surface area contributed by atoms with E-state index in [-0.39, 0.29) is 10.8 Å². The summed E-state index contributed by atoms with van der Waals surface area (Å²) in [6.45, 7) is -0.853. The van der Waals surface area contributed by atoms with Crippen molar-refractivity contribution in [2.45, 2.75) is 12.8 Å². The molecule has 0 bridgehead atoms. The Morgan fingerprint density at radius 3 is 2.42 bits per heavy atom. The molecular formula is C11H7Cl2F3N2O. The fourth-order valence-electron chi connectivity index (χ4n) is 1.58. The van der Waals surface area contributed by atoms with Crippen LogP contribution in [0.5, 0.6) is 0 Å². The predicted molar refractivity (Wildman–Crippen MR) is 64.5 cm³/mol. The summed E-state index contributed by atoms with van der Waals surface area (Å²) in [6.07, 6.45) is -4.69. The molecule has 1 aromatic carbocycles. The van der Waals surface area contributed by atoms with Crippen LogP contribution in [0.3, 0.4) is 0 Å². The lowest BCUT2D eigenvalue weighted by atomic mass is 10.2.